The van der Waals surface area contributed by atoms with Crippen molar-refractivity contribution in [1.29, 1.82) is 0 Å². The first-order chi connectivity index (χ1) is 17.9. The molecule has 37 heavy (non-hydrogen) atoms. The lowest BCUT2D eigenvalue weighted by molar-refractivity contribution is 0.104. The molecule has 0 spiro atoms. The van der Waals surface area contributed by atoms with Crippen molar-refractivity contribution in [2.24, 2.45) is 0 Å². The summed E-state index contributed by atoms with van der Waals surface area (Å²) in [6.07, 6.45) is 0. The average molecular weight is 478 g/mol. The minimum atomic E-state index is 0.109. The fraction of sp³-hybridized carbons (Fsp3) is 0.114. The lowest BCUT2D eigenvalue weighted by atomic mass is 9.83. The average Bonchev–Trinajstić information content (AvgIpc) is 2.89. The summed E-state index contributed by atoms with van der Waals surface area (Å²) in [5.41, 5.74) is 9.89. The van der Waals surface area contributed by atoms with Crippen molar-refractivity contribution in [3.05, 3.63) is 124 Å². The molecular weight excluding hydrogens is 450 g/mol. The van der Waals surface area contributed by atoms with E-state index in [0.717, 1.165) is 55.1 Å². The van der Waals surface area contributed by atoms with Crippen LogP contribution < -0.4 is 4.90 Å². The fourth-order valence-electron chi connectivity index (χ4n) is 6.26. The third-order valence-corrected chi connectivity index (χ3v) is 7.88. The van der Waals surface area contributed by atoms with Gasteiger partial charge in [-0.15, -0.1) is 0 Å². The third-order valence-electron chi connectivity index (χ3n) is 7.88. The lowest BCUT2D eigenvalue weighted by Crippen LogP contribution is -2.15. The van der Waals surface area contributed by atoms with Gasteiger partial charge in [-0.25, -0.2) is 0 Å². The van der Waals surface area contributed by atoms with Crippen molar-refractivity contribution in [2.45, 2.75) is 27.7 Å². The van der Waals surface area contributed by atoms with E-state index in [4.69, 9.17) is 0 Å². The molecule has 6 aromatic rings. The van der Waals surface area contributed by atoms with E-state index in [9.17, 15) is 4.79 Å². The quantitative estimate of drug-likeness (QED) is 0.236. The Morgan fingerprint density at radius 3 is 1.76 bits per heavy atom. The second-order valence-electron chi connectivity index (χ2n) is 10.4. The van der Waals surface area contributed by atoms with Gasteiger partial charge in [-0.1, -0.05) is 83.9 Å². The fourth-order valence-corrected chi connectivity index (χ4v) is 6.26. The Labute approximate surface area is 216 Å². The molecule has 2 nitrogen and oxygen atoms in total. The molecule has 6 aromatic carbocycles. The van der Waals surface area contributed by atoms with Crippen LogP contribution in [-0.2, 0) is 0 Å². The highest BCUT2D eigenvalue weighted by Crippen LogP contribution is 2.48. The Morgan fingerprint density at radius 1 is 0.514 bits per heavy atom. The molecule has 2 heteroatoms. The highest BCUT2D eigenvalue weighted by molar-refractivity contribution is 6.38. The zero-order valence-corrected chi connectivity index (χ0v) is 21.5. The molecule has 1 aliphatic rings. The molecule has 178 valence electrons. The molecule has 7 rings (SSSR count). The standard InChI is InChI=1S/C35H27NO/c1-20-11-15-29(22(3)17-20)36(30-16-12-21(2)18-23(30)4)31-19-25-14-13-24-7-5-9-27-32(24)33(25)34-26(31)8-6-10-28(34)35(27)37/h5-19H,1-4H3. The van der Waals surface area contributed by atoms with Gasteiger partial charge in [-0.3, -0.25) is 4.79 Å². The van der Waals surface area contributed by atoms with Gasteiger partial charge in [0.2, 0.25) is 0 Å². The van der Waals surface area contributed by atoms with Crippen molar-refractivity contribution in [2.75, 3.05) is 4.90 Å². The minimum absolute atomic E-state index is 0.109. The Bertz CT molecular complexity index is 1890. The van der Waals surface area contributed by atoms with Crippen molar-refractivity contribution in [1.82, 2.24) is 0 Å². The number of aryl methyl sites for hydroxylation is 4. The highest BCUT2D eigenvalue weighted by Gasteiger charge is 2.27. The van der Waals surface area contributed by atoms with Crippen molar-refractivity contribution < 1.29 is 4.79 Å². The lowest BCUT2D eigenvalue weighted by Gasteiger charge is -2.31. The van der Waals surface area contributed by atoms with Gasteiger partial charge in [0.1, 0.15) is 0 Å². The largest absolute Gasteiger partial charge is 0.309 e. The van der Waals surface area contributed by atoms with Crippen molar-refractivity contribution >= 4 is 55.2 Å². The summed E-state index contributed by atoms with van der Waals surface area (Å²) < 4.78 is 0. The van der Waals surface area contributed by atoms with Crippen molar-refractivity contribution in [3.8, 4) is 0 Å². The van der Waals surface area contributed by atoms with Crippen LogP contribution in [-0.4, -0.2) is 5.78 Å². The second-order valence-corrected chi connectivity index (χ2v) is 10.4. The number of carbonyl (C=O) groups is 1. The predicted molar refractivity (Wildman–Crippen MR) is 156 cm³/mol. The zero-order chi connectivity index (χ0) is 25.4. The van der Waals surface area contributed by atoms with E-state index in [0.29, 0.717) is 0 Å². The predicted octanol–water partition coefficient (Wildman–Crippen LogP) is 9.39. The molecular formula is C35H27NO. The summed E-state index contributed by atoms with van der Waals surface area (Å²) in [4.78, 5) is 16.1. The van der Waals surface area contributed by atoms with Gasteiger partial charge in [-0.2, -0.15) is 0 Å². The summed E-state index contributed by atoms with van der Waals surface area (Å²) in [5, 5.41) is 6.68. The molecule has 0 atom stereocenters. The maximum Gasteiger partial charge on any atom is 0.194 e. The molecule has 0 unspecified atom stereocenters. The molecule has 0 fully saturated rings. The molecule has 0 amide bonds. The number of nitrogens with zero attached hydrogens (tertiary/aromatic N) is 1. The van der Waals surface area contributed by atoms with Crippen LogP contribution in [0.5, 0.6) is 0 Å². The summed E-state index contributed by atoms with van der Waals surface area (Å²) in [7, 11) is 0. The number of anilines is 3. The van der Waals surface area contributed by atoms with E-state index in [2.05, 4.69) is 99.3 Å². The first kappa shape index (κ1) is 21.8. The first-order valence-corrected chi connectivity index (χ1v) is 12.8. The van der Waals surface area contributed by atoms with Crippen LogP contribution in [0.1, 0.15) is 38.2 Å². The van der Waals surface area contributed by atoms with E-state index in [-0.39, 0.29) is 5.78 Å². The van der Waals surface area contributed by atoms with Crippen LogP contribution in [0, 0.1) is 27.7 Å². The van der Waals surface area contributed by atoms with E-state index in [1.165, 1.54) is 27.6 Å². The smallest absolute Gasteiger partial charge is 0.194 e. The number of ketones is 1. The van der Waals surface area contributed by atoms with E-state index < -0.39 is 0 Å². The van der Waals surface area contributed by atoms with Gasteiger partial charge in [-0.05, 0) is 73.2 Å². The molecule has 0 N–H and O–H groups in total. The van der Waals surface area contributed by atoms with Gasteiger partial charge >= 0.3 is 0 Å². The zero-order valence-electron chi connectivity index (χ0n) is 21.5. The van der Waals surface area contributed by atoms with Crippen LogP contribution in [0.2, 0.25) is 0 Å². The summed E-state index contributed by atoms with van der Waals surface area (Å²) in [6, 6.07) is 32.2. The van der Waals surface area contributed by atoms with E-state index in [1.54, 1.807) is 0 Å². The topological polar surface area (TPSA) is 20.3 Å². The van der Waals surface area contributed by atoms with Crippen LogP contribution in [0.25, 0.3) is 32.3 Å². The normalized spacial score (nSPS) is 12.4. The van der Waals surface area contributed by atoms with Crippen LogP contribution in [0.15, 0.2) is 91.0 Å². The monoisotopic (exact) mass is 477 g/mol. The van der Waals surface area contributed by atoms with Crippen molar-refractivity contribution in [3.63, 3.8) is 0 Å². The molecule has 0 saturated carbocycles. The minimum Gasteiger partial charge on any atom is -0.309 e. The Kier molecular flexibility index (Phi) is 4.59. The second kappa shape index (κ2) is 7.78. The number of hydrogen-bond donors (Lipinski definition) is 0. The van der Waals surface area contributed by atoms with Gasteiger partial charge in [0.25, 0.3) is 0 Å². The maximum atomic E-state index is 13.7. The molecule has 0 aromatic heterocycles. The van der Waals surface area contributed by atoms with Gasteiger partial charge in [0.15, 0.2) is 5.78 Å². The number of rotatable bonds is 3. The third kappa shape index (κ3) is 3.09. The van der Waals surface area contributed by atoms with E-state index in [1.807, 2.05) is 24.3 Å². The SMILES string of the molecule is Cc1ccc(N(c2ccc(C)cc2C)c2cc3ccc4cccc5c4c3c3c(cccc23)C5=O)c(C)c1. The summed E-state index contributed by atoms with van der Waals surface area (Å²) in [6.45, 7) is 8.63. The van der Waals surface area contributed by atoms with E-state index >= 15 is 0 Å². The molecule has 0 radical (unpaired) electrons. The summed E-state index contributed by atoms with van der Waals surface area (Å²) in [5.74, 6) is 0.109. The van der Waals surface area contributed by atoms with Gasteiger partial charge < -0.3 is 4.90 Å². The molecule has 0 aliphatic heterocycles. The Morgan fingerprint density at radius 2 is 1.11 bits per heavy atom. The van der Waals surface area contributed by atoms with Gasteiger partial charge in [0.05, 0.1) is 5.69 Å². The Balaban J connectivity index is 1.66. The molecule has 0 heterocycles. The number of hydrogen-bond acceptors (Lipinski definition) is 2. The van der Waals surface area contributed by atoms with Gasteiger partial charge in [0, 0.05) is 38.7 Å². The maximum absolute atomic E-state index is 13.7. The molecule has 1 aliphatic carbocycles. The van der Waals surface area contributed by atoms with Crippen LogP contribution in [0.4, 0.5) is 17.1 Å². The van der Waals surface area contributed by atoms with Crippen LogP contribution >= 0.6 is 0 Å². The van der Waals surface area contributed by atoms with Crippen LogP contribution in [0.3, 0.4) is 0 Å². The Hall–Kier alpha value is -4.43. The molecule has 0 saturated heterocycles. The first-order valence-electron chi connectivity index (χ1n) is 12.8. The summed E-state index contributed by atoms with van der Waals surface area (Å²) >= 11 is 0. The number of benzene rings is 6. The molecule has 0 bridgehead atoms. The highest BCUT2D eigenvalue weighted by atomic mass is 16.1. The number of carbonyl (C=O) groups excluding carboxylic acids is 1.